The summed E-state index contributed by atoms with van der Waals surface area (Å²) in [7, 11) is 2.40. The molecule has 2 atom stereocenters. The minimum Gasteiger partial charge on any atom is -0.496 e. The number of carbonyl (C=O) groups excluding carboxylic acids is 2. The van der Waals surface area contributed by atoms with Gasteiger partial charge < -0.3 is 19.3 Å². The van der Waals surface area contributed by atoms with E-state index in [9.17, 15) is 41.0 Å². The number of hydrogen-bond donors (Lipinski definition) is 1. The Morgan fingerprint density at radius 3 is 2.12 bits per heavy atom. The maximum absolute atomic E-state index is 13.5. The highest BCUT2D eigenvalue weighted by atomic mass is 19.4. The maximum atomic E-state index is 13.5. The molecule has 0 aromatic heterocycles. The van der Waals surface area contributed by atoms with Gasteiger partial charge in [0.1, 0.15) is 5.75 Å². The number of rotatable bonds is 7. The summed E-state index contributed by atoms with van der Waals surface area (Å²) in [6.45, 7) is 2.41. The van der Waals surface area contributed by atoms with E-state index in [2.05, 4.69) is 0 Å². The standard InChI is InChI=1S/C27H30F6N2O6/c1-5-41-25(38)35-15(2)8-21(20-13-23(39-3)17(6-7-36)11-22(20)35)34(24(37)40-4)14-16-9-18(26(28,29)30)12-19(10-16)27(31,32)33/h9-13,15,21,36H,5-8,14H2,1-4H3. The monoisotopic (exact) mass is 592 g/mol. The first-order chi connectivity index (χ1) is 19.2. The van der Waals surface area contributed by atoms with Crippen molar-refractivity contribution in [2.75, 3.05) is 32.3 Å². The minimum absolute atomic E-state index is 0.00867. The molecule has 2 aromatic carbocycles. The Morgan fingerprint density at radius 1 is 1.02 bits per heavy atom. The van der Waals surface area contributed by atoms with Gasteiger partial charge in [-0.3, -0.25) is 9.80 Å². The SMILES string of the molecule is CCOC(=O)N1c2cc(CCO)c(OC)cc2C(N(Cc2cc(C(F)(F)F)cc(C(F)(F)F)c2)C(=O)OC)CC1C. The van der Waals surface area contributed by atoms with Gasteiger partial charge in [-0.2, -0.15) is 26.3 Å². The molecule has 0 saturated carbocycles. The highest BCUT2D eigenvalue weighted by molar-refractivity contribution is 5.91. The maximum Gasteiger partial charge on any atom is 0.416 e. The van der Waals surface area contributed by atoms with Crippen molar-refractivity contribution >= 4 is 17.9 Å². The third-order valence-electron chi connectivity index (χ3n) is 6.68. The van der Waals surface area contributed by atoms with E-state index < -0.39 is 59.9 Å². The topological polar surface area (TPSA) is 88.5 Å². The summed E-state index contributed by atoms with van der Waals surface area (Å²) >= 11 is 0. The minimum atomic E-state index is -5.07. The van der Waals surface area contributed by atoms with Crippen LogP contribution in [0, 0.1) is 0 Å². The molecule has 226 valence electrons. The molecule has 2 amide bonds. The van der Waals surface area contributed by atoms with Gasteiger partial charge in [0.05, 0.1) is 43.7 Å². The molecule has 2 aromatic rings. The number of hydrogen-bond acceptors (Lipinski definition) is 6. The molecule has 0 fully saturated rings. The van der Waals surface area contributed by atoms with Gasteiger partial charge in [-0.1, -0.05) is 0 Å². The molecular weight excluding hydrogens is 562 g/mol. The summed E-state index contributed by atoms with van der Waals surface area (Å²) in [5.41, 5.74) is -2.34. The predicted octanol–water partition coefficient (Wildman–Crippen LogP) is 6.33. The largest absolute Gasteiger partial charge is 0.496 e. The molecule has 0 bridgehead atoms. The van der Waals surface area contributed by atoms with Crippen molar-refractivity contribution in [1.82, 2.24) is 4.90 Å². The number of anilines is 1. The quantitative estimate of drug-likeness (QED) is 0.378. The number of amides is 2. The van der Waals surface area contributed by atoms with Crippen LogP contribution in [0.4, 0.5) is 41.6 Å². The van der Waals surface area contributed by atoms with E-state index in [1.54, 1.807) is 19.9 Å². The number of aliphatic hydroxyl groups excluding tert-OH is 1. The number of halogens is 6. The summed E-state index contributed by atoms with van der Waals surface area (Å²) in [4.78, 5) is 28.3. The lowest BCUT2D eigenvalue weighted by Crippen LogP contribution is -2.47. The van der Waals surface area contributed by atoms with Crippen molar-refractivity contribution in [3.63, 3.8) is 0 Å². The van der Waals surface area contributed by atoms with Crippen molar-refractivity contribution in [3.05, 3.63) is 58.1 Å². The van der Waals surface area contributed by atoms with Crippen LogP contribution in [0.5, 0.6) is 5.75 Å². The molecular formula is C27H30F6N2O6. The average Bonchev–Trinajstić information content (AvgIpc) is 2.89. The van der Waals surface area contributed by atoms with Gasteiger partial charge in [0.25, 0.3) is 0 Å². The molecule has 0 radical (unpaired) electrons. The first-order valence-corrected chi connectivity index (χ1v) is 12.6. The fourth-order valence-electron chi connectivity index (χ4n) is 4.89. The Balaban J connectivity index is 2.21. The van der Waals surface area contributed by atoms with E-state index in [-0.39, 0.29) is 37.8 Å². The summed E-state index contributed by atoms with van der Waals surface area (Å²) in [5.74, 6) is 0.296. The van der Waals surface area contributed by atoms with Crippen LogP contribution >= 0.6 is 0 Å². The lowest BCUT2D eigenvalue weighted by molar-refractivity contribution is -0.143. The number of fused-ring (bicyclic) bond motifs is 1. The van der Waals surface area contributed by atoms with Crippen molar-refractivity contribution in [1.29, 1.82) is 0 Å². The van der Waals surface area contributed by atoms with Gasteiger partial charge >= 0.3 is 24.5 Å². The van der Waals surface area contributed by atoms with Crippen molar-refractivity contribution in [2.45, 2.75) is 57.7 Å². The third-order valence-corrected chi connectivity index (χ3v) is 6.68. The summed E-state index contributed by atoms with van der Waals surface area (Å²) in [5, 5.41) is 9.53. The van der Waals surface area contributed by atoms with E-state index in [1.165, 1.54) is 18.1 Å². The van der Waals surface area contributed by atoms with Crippen molar-refractivity contribution in [3.8, 4) is 5.75 Å². The van der Waals surface area contributed by atoms with Gasteiger partial charge in [0.2, 0.25) is 0 Å². The molecule has 1 N–H and O–H groups in total. The molecule has 0 saturated heterocycles. The summed E-state index contributed by atoms with van der Waals surface area (Å²) in [6, 6.07) is 2.62. The third kappa shape index (κ3) is 6.97. The zero-order valence-corrected chi connectivity index (χ0v) is 22.7. The summed E-state index contributed by atoms with van der Waals surface area (Å²) < 4.78 is 96.6. The van der Waals surface area contributed by atoms with Crippen LogP contribution in [0.25, 0.3) is 0 Å². The molecule has 41 heavy (non-hydrogen) atoms. The van der Waals surface area contributed by atoms with Crippen LogP contribution in [-0.2, 0) is 34.8 Å². The Labute approximate surface area is 232 Å². The Bertz CT molecular complexity index is 1230. The molecule has 0 spiro atoms. The molecule has 1 aliphatic rings. The molecule has 3 rings (SSSR count). The Morgan fingerprint density at radius 2 is 1.63 bits per heavy atom. The van der Waals surface area contributed by atoms with Gasteiger partial charge in [-0.15, -0.1) is 0 Å². The zero-order chi connectivity index (χ0) is 30.7. The molecule has 2 unspecified atom stereocenters. The number of alkyl halides is 6. The summed E-state index contributed by atoms with van der Waals surface area (Å²) in [6.07, 6.45) is -11.7. The highest BCUT2D eigenvalue weighted by Crippen LogP contribution is 2.45. The van der Waals surface area contributed by atoms with Crippen molar-refractivity contribution in [2.24, 2.45) is 0 Å². The second kappa shape index (κ2) is 12.5. The second-order valence-corrected chi connectivity index (χ2v) is 9.38. The molecule has 0 aliphatic carbocycles. The van der Waals surface area contributed by atoms with Gasteiger partial charge in [-0.05, 0) is 68.1 Å². The molecule has 8 nitrogen and oxygen atoms in total. The molecule has 1 heterocycles. The van der Waals surface area contributed by atoms with Crippen molar-refractivity contribution < 1.29 is 55.2 Å². The Kier molecular flexibility index (Phi) is 9.67. The number of carbonyl (C=O) groups is 2. The average molecular weight is 593 g/mol. The lowest BCUT2D eigenvalue weighted by atomic mass is 9.88. The van der Waals surface area contributed by atoms with E-state index in [0.29, 0.717) is 29.0 Å². The normalized spacial score (nSPS) is 17.1. The van der Waals surface area contributed by atoms with Gasteiger partial charge in [0, 0.05) is 24.8 Å². The number of nitrogens with zero attached hydrogens (tertiary/aromatic N) is 2. The number of benzene rings is 2. The van der Waals surface area contributed by atoms with Gasteiger partial charge in [-0.25, -0.2) is 9.59 Å². The number of aliphatic hydroxyl groups is 1. The first-order valence-electron chi connectivity index (χ1n) is 12.6. The zero-order valence-electron chi connectivity index (χ0n) is 22.7. The van der Waals surface area contributed by atoms with Crippen LogP contribution in [-0.4, -0.2) is 55.7 Å². The lowest BCUT2D eigenvalue weighted by Gasteiger charge is -2.43. The van der Waals surface area contributed by atoms with E-state index in [0.717, 1.165) is 12.0 Å². The number of methoxy groups -OCH3 is 2. The predicted molar refractivity (Wildman–Crippen MR) is 134 cm³/mol. The molecule has 14 heteroatoms. The van der Waals surface area contributed by atoms with Crippen LogP contribution in [0.1, 0.15) is 54.1 Å². The Hall–Kier alpha value is -3.68. The van der Waals surface area contributed by atoms with E-state index >= 15 is 0 Å². The van der Waals surface area contributed by atoms with E-state index in [1.807, 2.05) is 0 Å². The fraction of sp³-hybridized carbons (Fsp3) is 0.481. The van der Waals surface area contributed by atoms with Gasteiger partial charge in [0.15, 0.2) is 0 Å². The van der Waals surface area contributed by atoms with Crippen LogP contribution < -0.4 is 9.64 Å². The highest BCUT2D eigenvalue weighted by Gasteiger charge is 2.41. The smallest absolute Gasteiger partial charge is 0.416 e. The van der Waals surface area contributed by atoms with Crippen LogP contribution in [0.15, 0.2) is 30.3 Å². The first kappa shape index (κ1) is 31.8. The molecule has 1 aliphatic heterocycles. The fourth-order valence-corrected chi connectivity index (χ4v) is 4.89. The number of ether oxygens (including phenoxy) is 3. The second-order valence-electron chi connectivity index (χ2n) is 9.38. The van der Waals surface area contributed by atoms with Crippen LogP contribution in [0.2, 0.25) is 0 Å². The van der Waals surface area contributed by atoms with E-state index in [4.69, 9.17) is 14.2 Å². The van der Waals surface area contributed by atoms with Crippen LogP contribution in [0.3, 0.4) is 0 Å².